The second-order valence-corrected chi connectivity index (χ2v) is 9.63. The molecule has 5 N–H and O–H groups in total. The molecule has 7 nitrogen and oxygen atoms in total. The van der Waals surface area contributed by atoms with Crippen LogP contribution in [0.3, 0.4) is 0 Å². The molecule has 3 atom stereocenters. The summed E-state index contributed by atoms with van der Waals surface area (Å²) in [4.78, 5) is 29.4. The van der Waals surface area contributed by atoms with Crippen LogP contribution in [0.1, 0.15) is 67.5 Å². The van der Waals surface area contributed by atoms with Crippen molar-refractivity contribution in [1.82, 2.24) is 15.6 Å². The first kappa shape index (κ1) is 25.9. The van der Waals surface area contributed by atoms with E-state index in [9.17, 15) is 9.59 Å². The lowest BCUT2D eigenvalue weighted by atomic mass is 9.89. The van der Waals surface area contributed by atoms with Crippen molar-refractivity contribution in [3.05, 3.63) is 70.9 Å². The van der Waals surface area contributed by atoms with Gasteiger partial charge in [-0.1, -0.05) is 55.8 Å². The number of nitrogens with one attached hydrogen (secondary N) is 3. The van der Waals surface area contributed by atoms with Crippen molar-refractivity contribution in [2.75, 3.05) is 13.7 Å². The summed E-state index contributed by atoms with van der Waals surface area (Å²) in [6, 6.07) is 15.6. The third-order valence-corrected chi connectivity index (χ3v) is 7.11. The van der Waals surface area contributed by atoms with E-state index in [0.717, 1.165) is 47.0 Å². The summed E-state index contributed by atoms with van der Waals surface area (Å²) in [5.74, 6) is -0.623. The molecule has 0 radical (unpaired) electrons. The second kappa shape index (κ2) is 12.2. The Morgan fingerprint density at radius 3 is 2.61 bits per heavy atom. The van der Waals surface area contributed by atoms with E-state index in [0.29, 0.717) is 19.4 Å². The van der Waals surface area contributed by atoms with Crippen molar-refractivity contribution in [1.29, 1.82) is 0 Å². The average Bonchev–Trinajstić information content (AvgIpc) is 3.29. The smallest absolute Gasteiger partial charge is 0.328 e. The Kier molecular flexibility index (Phi) is 8.78. The van der Waals surface area contributed by atoms with Crippen LogP contribution in [0.5, 0.6) is 0 Å². The van der Waals surface area contributed by atoms with Gasteiger partial charge in [-0.3, -0.25) is 10.1 Å². The summed E-state index contributed by atoms with van der Waals surface area (Å²) in [6.07, 6.45) is 5.98. The monoisotopic (exact) mass is 490 g/mol. The normalized spacial score (nSPS) is 18.0. The summed E-state index contributed by atoms with van der Waals surface area (Å²) < 4.78 is 4.95. The highest BCUT2D eigenvalue weighted by Gasteiger charge is 2.35. The minimum Gasteiger partial charge on any atom is -0.467 e. The Morgan fingerprint density at radius 1 is 1.11 bits per heavy atom. The van der Waals surface area contributed by atoms with E-state index in [4.69, 9.17) is 10.5 Å². The molecule has 0 fully saturated rings. The number of aryl methyl sites for hydroxylation is 1. The summed E-state index contributed by atoms with van der Waals surface area (Å²) >= 11 is 0. The Morgan fingerprint density at radius 2 is 1.89 bits per heavy atom. The van der Waals surface area contributed by atoms with Crippen molar-refractivity contribution in [3.8, 4) is 0 Å². The van der Waals surface area contributed by atoms with Crippen LogP contribution in [-0.2, 0) is 27.2 Å². The van der Waals surface area contributed by atoms with E-state index in [1.165, 1.54) is 25.5 Å². The SMILES string of the molecule is CCCCc1ccc(C2NC(C(=O)NC(CCCCN)C(=O)OC)Cc3c2[nH]c2ccccc32)cc1. The molecule has 4 rings (SSSR count). The van der Waals surface area contributed by atoms with Gasteiger partial charge in [-0.15, -0.1) is 0 Å². The molecule has 1 aliphatic heterocycles. The number of fused-ring (bicyclic) bond motifs is 3. The Hall–Kier alpha value is -3.16. The third-order valence-electron chi connectivity index (χ3n) is 7.11. The van der Waals surface area contributed by atoms with Crippen molar-refractivity contribution in [3.63, 3.8) is 0 Å². The Labute approximate surface area is 213 Å². The number of ether oxygens (including phenoxy) is 1. The van der Waals surface area contributed by atoms with Gasteiger partial charge in [0.1, 0.15) is 6.04 Å². The predicted octanol–water partition coefficient (Wildman–Crippen LogP) is 3.90. The van der Waals surface area contributed by atoms with Crippen molar-refractivity contribution >= 4 is 22.8 Å². The number of hydrogen-bond donors (Lipinski definition) is 4. The first-order valence-corrected chi connectivity index (χ1v) is 13.1. The first-order valence-electron chi connectivity index (χ1n) is 13.1. The van der Waals surface area contributed by atoms with E-state index in [-0.39, 0.29) is 11.9 Å². The summed E-state index contributed by atoms with van der Waals surface area (Å²) in [7, 11) is 1.35. The van der Waals surface area contributed by atoms with Crippen LogP contribution in [0.25, 0.3) is 10.9 Å². The van der Waals surface area contributed by atoms with E-state index >= 15 is 0 Å². The molecule has 0 saturated carbocycles. The number of hydrogen-bond acceptors (Lipinski definition) is 5. The Bertz CT molecular complexity index is 1170. The molecule has 3 aromatic rings. The molecule has 2 aromatic carbocycles. The number of aromatic amines is 1. The first-order chi connectivity index (χ1) is 17.5. The van der Waals surface area contributed by atoms with Crippen molar-refractivity contribution < 1.29 is 14.3 Å². The molecule has 1 aromatic heterocycles. The highest BCUT2D eigenvalue weighted by molar-refractivity contribution is 5.90. The second-order valence-electron chi connectivity index (χ2n) is 9.63. The van der Waals surface area contributed by atoms with Crippen LogP contribution in [0.15, 0.2) is 48.5 Å². The molecule has 1 amide bonds. The van der Waals surface area contributed by atoms with E-state index < -0.39 is 18.1 Å². The fourth-order valence-electron chi connectivity index (χ4n) is 5.08. The maximum atomic E-state index is 13.5. The van der Waals surface area contributed by atoms with Gasteiger partial charge in [0.05, 0.1) is 19.2 Å². The van der Waals surface area contributed by atoms with Gasteiger partial charge in [-0.2, -0.15) is 0 Å². The number of esters is 1. The molecule has 0 spiro atoms. The molecular weight excluding hydrogens is 452 g/mol. The minimum atomic E-state index is -0.684. The number of H-pyrrole nitrogens is 1. The predicted molar refractivity (Wildman–Crippen MR) is 143 cm³/mol. The molecule has 192 valence electrons. The average molecular weight is 491 g/mol. The quantitative estimate of drug-likeness (QED) is 0.241. The number of methoxy groups -OCH3 is 1. The maximum Gasteiger partial charge on any atom is 0.328 e. The van der Waals surface area contributed by atoms with Gasteiger partial charge >= 0.3 is 5.97 Å². The van der Waals surface area contributed by atoms with Gasteiger partial charge in [0, 0.05) is 16.6 Å². The number of rotatable bonds is 11. The summed E-state index contributed by atoms with van der Waals surface area (Å²) in [6.45, 7) is 2.75. The van der Waals surface area contributed by atoms with Crippen LogP contribution >= 0.6 is 0 Å². The summed E-state index contributed by atoms with van der Waals surface area (Å²) in [5.41, 5.74) is 11.3. The van der Waals surface area contributed by atoms with Crippen molar-refractivity contribution in [2.45, 2.75) is 70.0 Å². The topological polar surface area (TPSA) is 109 Å². The van der Waals surface area contributed by atoms with E-state index in [1.807, 2.05) is 12.1 Å². The number of amides is 1. The lowest BCUT2D eigenvalue weighted by Gasteiger charge is -2.32. The van der Waals surface area contributed by atoms with Gasteiger partial charge in [-0.05, 0) is 67.8 Å². The van der Waals surface area contributed by atoms with Gasteiger partial charge in [0.15, 0.2) is 0 Å². The van der Waals surface area contributed by atoms with Crippen LogP contribution in [0.4, 0.5) is 0 Å². The molecule has 3 unspecified atom stereocenters. The van der Waals surface area contributed by atoms with Gasteiger partial charge in [0.25, 0.3) is 0 Å². The van der Waals surface area contributed by atoms with Crippen LogP contribution in [0.2, 0.25) is 0 Å². The molecule has 1 aliphatic rings. The number of benzene rings is 2. The van der Waals surface area contributed by atoms with Crippen molar-refractivity contribution in [2.24, 2.45) is 5.73 Å². The number of nitrogens with two attached hydrogens (primary N) is 1. The maximum absolute atomic E-state index is 13.5. The molecule has 0 saturated heterocycles. The Balaban J connectivity index is 1.61. The fourth-order valence-corrected chi connectivity index (χ4v) is 5.08. The highest BCUT2D eigenvalue weighted by Crippen LogP contribution is 2.35. The number of unbranched alkanes of at least 4 members (excludes halogenated alkanes) is 2. The number of carbonyl (C=O) groups excluding carboxylic acids is 2. The number of carbonyl (C=O) groups is 2. The molecule has 2 heterocycles. The standard InChI is InChI=1S/C29H38N4O3/c1-3-4-9-19-13-15-20(16-14-19)26-27-22(21-10-5-6-11-23(21)31-27)18-25(32-26)28(34)33-24(29(35)36-2)12-7-8-17-30/h5-6,10-11,13-16,24-26,31-32H,3-4,7-9,12,17-18,30H2,1-2H3,(H,33,34). The largest absolute Gasteiger partial charge is 0.467 e. The lowest BCUT2D eigenvalue weighted by Crippen LogP contribution is -2.53. The van der Waals surface area contributed by atoms with E-state index in [1.54, 1.807) is 0 Å². The summed E-state index contributed by atoms with van der Waals surface area (Å²) in [5, 5.41) is 7.64. The molecule has 0 aliphatic carbocycles. The zero-order chi connectivity index (χ0) is 25.5. The minimum absolute atomic E-state index is 0.161. The molecular formula is C29H38N4O3. The van der Waals surface area contributed by atoms with Crippen LogP contribution < -0.4 is 16.4 Å². The lowest BCUT2D eigenvalue weighted by molar-refractivity contribution is -0.145. The fraction of sp³-hybridized carbons (Fsp3) is 0.448. The highest BCUT2D eigenvalue weighted by atomic mass is 16.5. The molecule has 36 heavy (non-hydrogen) atoms. The number of para-hydroxylation sites is 1. The third kappa shape index (κ3) is 5.79. The van der Waals surface area contributed by atoms with Gasteiger partial charge in [-0.25, -0.2) is 4.79 Å². The van der Waals surface area contributed by atoms with Gasteiger partial charge in [0.2, 0.25) is 5.91 Å². The number of aromatic nitrogens is 1. The van der Waals surface area contributed by atoms with Crippen LogP contribution in [0, 0.1) is 0 Å². The van der Waals surface area contributed by atoms with E-state index in [2.05, 4.69) is 58.9 Å². The molecule has 7 heteroatoms. The zero-order valence-electron chi connectivity index (χ0n) is 21.3. The zero-order valence-corrected chi connectivity index (χ0v) is 21.3. The van der Waals surface area contributed by atoms with Gasteiger partial charge < -0.3 is 20.8 Å². The molecule has 0 bridgehead atoms. The van der Waals surface area contributed by atoms with Crippen LogP contribution in [-0.4, -0.2) is 42.6 Å².